The summed E-state index contributed by atoms with van der Waals surface area (Å²) < 4.78 is 4.99. The average Bonchev–Trinajstić information content (AvgIpc) is 2.80. The van der Waals surface area contributed by atoms with Gasteiger partial charge < -0.3 is 14.9 Å². The van der Waals surface area contributed by atoms with E-state index in [1.807, 2.05) is 37.3 Å². The second-order valence-electron chi connectivity index (χ2n) is 4.38. The Morgan fingerprint density at radius 1 is 1.42 bits per heavy atom. The highest BCUT2D eigenvalue weighted by Gasteiger charge is 2.02. The lowest BCUT2D eigenvalue weighted by Crippen LogP contribution is -2.01. The number of rotatable bonds is 6. The molecule has 0 bridgehead atoms. The normalized spacial score (nSPS) is 10.4. The molecule has 0 amide bonds. The molecule has 2 rings (SSSR count). The molecule has 5 heteroatoms. The molecule has 0 radical (unpaired) electrons. The molecule has 0 unspecified atom stereocenters. The van der Waals surface area contributed by atoms with Gasteiger partial charge in [-0.25, -0.2) is 0 Å². The zero-order valence-corrected chi connectivity index (χ0v) is 10.7. The number of benzene rings is 1. The molecule has 0 aliphatic rings. The second-order valence-corrected chi connectivity index (χ2v) is 4.38. The zero-order valence-electron chi connectivity index (χ0n) is 10.7. The fourth-order valence-electron chi connectivity index (χ4n) is 1.78. The van der Waals surface area contributed by atoms with Gasteiger partial charge in [-0.15, -0.1) is 0 Å². The number of aromatic nitrogens is 1. The standard InChI is InChI=1S/C14H16N2O3/c1-10-7-13(16-19-10)9-15-12-4-2-3-11(8-12)5-6-14(17)18/h2-4,7-8,15H,5-6,9H2,1H3,(H,17,18). The van der Waals surface area contributed by atoms with Crippen molar-refractivity contribution >= 4 is 11.7 Å². The Labute approximate surface area is 111 Å². The van der Waals surface area contributed by atoms with Crippen molar-refractivity contribution in [3.8, 4) is 0 Å². The molecule has 0 spiro atoms. The third-order valence-electron chi connectivity index (χ3n) is 2.70. The Bertz CT molecular complexity index is 563. The number of nitrogens with zero attached hydrogens (tertiary/aromatic N) is 1. The Morgan fingerprint density at radius 2 is 2.26 bits per heavy atom. The molecule has 0 aliphatic heterocycles. The number of carboxylic acid groups (broad SMARTS) is 1. The van der Waals surface area contributed by atoms with Gasteiger partial charge in [-0.3, -0.25) is 4.79 Å². The van der Waals surface area contributed by atoms with Crippen LogP contribution >= 0.6 is 0 Å². The number of carboxylic acids is 1. The Balaban J connectivity index is 1.93. The first kappa shape index (κ1) is 13.1. The van der Waals surface area contributed by atoms with Gasteiger partial charge in [0.2, 0.25) is 0 Å². The van der Waals surface area contributed by atoms with Crippen molar-refractivity contribution in [2.75, 3.05) is 5.32 Å². The predicted molar refractivity (Wildman–Crippen MR) is 71.0 cm³/mol. The maximum absolute atomic E-state index is 10.5. The summed E-state index contributed by atoms with van der Waals surface area (Å²) in [5, 5.41) is 15.8. The zero-order chi connectivity index (χ0) is 13.7. The average molecular weight is 260 g/mol. The van der Waals surface area contributed by atoms with E-state index in [-0.39, 0.29) is 6.42 Å². The van der Waals surface area contributed by atoms with E-state index >= 15 is 0 Å². The lowest BCUT2D eigenvalue weighted by atomic mass is 10.1. The molecule has 19 heavy (non-hydrogen) atoms. The van der Waals surface area contributed by atoms with Crippen LogP contribution in [-0.2, 0) is 17.8 Å². The van der Waals surface area contributed by atoms with E-state index in [2.05, 4.69) is 10.5 Å². The van der Waals surface area contributed by atoms with Crippen molar-refractivity contribution in [1.29, 1.82) is 0 Å². The van der Waals surface area contributed by atoms with Gasteiger partial charge in [-0.1, -0.05) is 17.3 Å². The second kappa shape index (κ2) is 6.04. The summed E-state index contributed by atoms with van der Waals surface area (Å²) >= 11 is 0. The first-order chi connectivity index (χ1) is 9.13. The predicted octanol–water partition coefficient (Wildman–Crippen LogP) is 2.61. The number of anilines is 1. The summed E-state index contributed by atoms with van der Waals surface area (Å²) in [6, 6.07) is 9.61. The van der Waals surface area contributed by atoms with Crippen LogP contribution in [0.4, 0.5) is 5.69 Å². The molecule has 0 saturated heterocycles. The van der Waals surface area contributed by atoms with Crippen LogP contribution in [0.2, 0.25) is 0 Å². The number of aliphatic carboxylic acids is 1. The van der Waals surface area contributed by atoms with Crippen molar-refractivity contribution in [2.45, 2.75) is 26.3 Å². The number of carbonyl (C=O) groups is 1. The van der Waals surface area contributed by atoms with Crippen LogP contribution in [0.25, 0.3) is 0 Å². The third kappa shape index (κ3) is 4.13. The maximum Gasteiger partial charge on any atom is 0.303 e. The maximum atomic E-state index is 10.5. The molecule has 5 nitrogen and oxygen atoms in total. The van der Waals surface area contributed by atoms with Gasteiger partial charge in [0.25, 0.3) is 0 Å². The SMILES string of the molecule is Cc1cc(CNc2cccc(CCC(=O)O)c2)no1. The molecule has 0 saturated carbocycles. The molecule has 0 aliphatic carbocycles. The third-order valence-corrected chi connectivity index (χ3v) is 2.70. The summed E-state index contributed by atoms with van der Waals surface area (Å²) in [6.45, 7) is 2.43. The first-order valence-corrected chi connectivity index (χ1v) is 6.10. The number of aryl methyl sites for hydroxylation is 2. The van der Waals surface area contributed by atoms with Crippen LogP contribution in [-0.4, -0.2) is 16.2 Å². The van der Waals surface area contributed by atoms with E-state index in [0.29, 0.717) is 13.0 Å². The van der Waals surface area contributed by atoms with E-state index in [0.717, 1.165) is 22.7 Å². The topological polar surface area (TPSA) is 75.4 Å². The number of hydrogen-bond donors (Lipinski definition) is 2. The minimum absolute atomic E-state index is 0.145. The molecular weight excluding hydrogens is 244 g/mol. The molecular formula is C14H16N2O3. The molecule has 2 N–H and O–H groups in total. The van der Waals surface area contributed by atoms with E-state index < -0.39 is 5.97 Å². The van der Waals surface area contributed by atoms with Crippen LogP contribution in [0, 0.1) is 6.92 Å². The van der Waals surface area contributed by atoms with Crippen LogP contribution < -0.4 is 5.32 Å². The van der Waals surface area contributed by atoms with E-state index in [1.165, 1.54) is 0 Å². The minimum Gasteiger partial charge on any atom is -0.481 e. The van der Waals surface area contributed by atoms with Crippen molar-refractivity contribution in [2.24, 2.45) is 0 Å². The van der Waals surface area contributed by atoms with Gasteiger partial charge in [0.1, 0.15) is 11.5 Å². The quantitative estimate of drug-likeness (QED) is 0.835. The van der Waals surface area contributed by atoms with Gasteiger partial charge in [0, 0.05) is 18.2 Å². The van der Waals surface area contributed by atoms with Crippen molar-refractivity contribution < 1.29 is 14.4 Å². The van der Waals surface area contributed by atoms with Gasteiger partial charge in [-0.2, -0.15) is 0 Å². The molecule has 1 aromatic heterocycles. The molecule has 2 aromatic rings. The number of hydrogen-bond acceptors (Lipinski definition) is 4. The van der Waals surface area contributed by atoms with Crippen LogP contribution in [0.1, 0.15) is 23.4 Å². The van der Waals surface area contributed by atoms with E-state index in [9.17, 15) is 4.79 Å². The summed E-state index contributed by atoms with van der Waals surface area (Å²) in [4.78, 5) is 10.5. The Morgan fingerprint density at radius 3 is 2.95 bits per heavy atom. The van der Waals surface area contributed by atoms with Gasteiger partial charge in [0.15, 0.2) is 0 Å². The van der Waals surface area contributed by atoms with Crippen LogP contribution in [0.15, 0.2) is 34.9 Å². The van der Waals surface area contributed by atoms with Gasteiger partial charge in [-0.05, 0) is 31.0 Å². The molecule has 0 fully saturated rings. The van der Waals surface area contributed by atoms with Crippen molar-refractivity contribution in [3.63, 3.8) is 0 Å². The summed E-state index contributed by atoms with van der Waals surface area (Å²) in [5.74, 6) is 0.00319. The smallest absolute Gasteiger partial charge is 0.303 e. The molecule has 1 aromatic carbocycles. The molecule has 0 atom stereocenters. The lowest BCUT2D eigenvalue weighted by molar-refractivity contribution is -0.136. The largest absolute Gasteiger partial charge is 0.481 e. The van der Waals surface area contributed by atoms with Gasteiger partial charge in [0.05, 0.1) is 6.54 Å². The van der Waals surface area contributed by atoms with Crippen LogP contribution in [0.3, 0.4) is 0 Å². The highest BCUT2D eigenvalue weighted by molar-refractivity contribution is 5.67. The first-order valence-electron chi connectivity index (χ1n) is 6.10. The fourth-order valence-corrected chi connectivity index (χ4v) is 1.78. The fraction of sp³-hybridized carbons (Fsp3) is 0.286. The van der Waals surface area contributed by atoms with E-state index in [4.69, 9.17) is 9.63 Å². The Hall–Kier alpha value is -2.30. The summed E-state index contributed by atoms with van der Waals surface area (Å²) in [6.07, 6.45) is 0.680. The summed E-state index contributed by atoms with van der Waals surface area (Å²) in [5.41, 5.74) is 2.79. The van der Waals surface area contributed by atoms with Gasteiger partial charge >= 0.3 is 5.97 Å². The molecule has 1 heterocycles. The number of nitrogens with one attached hydrogen (secondary N) is 1. The molecule has 100 valence electrons. The van der Waals surface area contributed by atoms with Crippen molar-refractivity contribution in [1.82, 2.24) is 5.16 Å². The highest BCUT2D eigenvalue weighted by Crippen LogP contribution is 2.13. The van der Waals surface area contributed by atoms with Crippen molar-refractivity contribution in [3.05, 3.63) is 47.3 Å². The highest BCUT2D eigenvalue weighted by atomic mass is 16.5. The van der Waals surface area contributed by atoms with E-state index in [1.54, 1.807) is 0 Å². The lowest BCUT2D eigenvalue weighted by Gasteiger charge is -2.06. The monoisotopic (exact) mass is 260 g/mol. The Kier molecular flexibility index (Phi) is 4.18. The summed E-state index contributed by atoms with van der Waals surface area (Å²) in [7, 11) is 0. The van der Waals surface area contributed by atoms with Crippen LogP contribution in [0.5, 0.6) is 0 Å². The minimum atomic E-state index is -0.781.